The van der Waals surface area contributed by atoms with Gasteiger partial charge in [-0.3, -0.25) is 14.2 Å². The van der Waals surface area contributed by atoms with E-state index in [1.807, 2.05) is 0 Å². The van der Waals surface area contributed by atoms with Crippen molar-refractivity contribution in [1.29, 1.82) is 0 Å². The average molecular weight is 854 g/mol. The van der Waals surface area contributed by atoms with Gasteiger partial charge in [-0.15, -0.1) is 0 Å². The number of rotatable bonds is 9. The van der Waals surface area contributed by atoms with Crippen LogP contribution in [-0.4, -0.2) is 52.3 Å². The predicted molar refractivity (Wildman–Crippen MR) is 223 cm³/mol. The summed E-state index contributed by atoms with van der Waals surface area (Å²) >= 11 is 12.0. The maximum absolute atomic E-state index is 12.9. The van der Waals surface area contributed by atoms with Gasteiger partial charge in [-0.1, -0.05) is 89.0 Å². The molecule has 0 aliphatic rings. The second-order valence-electron chi connectivity index (χ2n) is 14.9. The quantitative estimate of drug-likeness (QED) is 0.112. The number of hydrogen-bond donors (Lipinski definition) is 4. The van der Waals surface area contributed by atoms with Crippen molar-refractivity contribution >= 4 is 71.9 Å². The maximum Gasteiger partial charge on any atom is 0.262 e. The van der Waals surface area contributed by atoms with Crippen molar-refractivity contribution in [3.05, 3.63) is 119 Å². The highest BCUT2D eigenvalue weighted by Crippen LogP contribution is 2.29. The minimum atomic E-state index is -3.89. The summed E-state index contributed by atoms with van der Waals surface area (Å²) in [5.41, 5.74) is 8.82. The molecule has 300 valence electrons. The highest BCUT2D eigenvalue weighted by molar-refractivity contribution is 7.93. The SMILES string of the molecule is CC(=O)Nc1cnn(-c2ncc(Cl)cc2NS(=O)(=O)c2ccc(C(C)(C)C)cc2)c1.CC(C)(C)c1ccc(S(=O)(=O)Nc2cc(Cl)cnc2-n2cc(N)cn2)cc1. The van der Waals surface area contributed by atoms with E-state index in [0.29, 0.717) is 16.4 Å². The van der Waals surface area contributed by atoms with Gasteiger partial charge in [0.05, 0.1) is 67.4 Å². The molecule has 6 rings (SSSR count). The van der Waals surface area contributed by atoms with Gasteiger partial charge in [0.25, 0.3) is 20.0 Å². The van der Waals surface area contributed by atoms with Crippen molar-refractivity contribution in [3.63, 3.8) is 0 Å². The molecule has 0 radical (unpaired) electrons. The summed E-state index contributed by atoms with van der Waals surface area (Å²) in [4.78, 5) is 19.8. The zero-order valence-electron chi connectivity index (χ0n) is 32.1. The molecule has 57 heavy (non-hydrogen) atoms. The Morgan fingerprint density at radius 3 is 1.42 bits per heavy atom. The Morgan fingerprint density at radius 1 is 0.649 bits per heavy atom. The molecule has 19 heteroatoms. The Morgan fingerprint density at radius 2 is 1.05 bits per heavy atom. The second-order valence-corrected chi connectivity index (χ2v) is 19.1. The normalized spacial score (nSPS) is 12.0. The van der Waals surface area contributed by atoms with E-state index in [2.05, 4.69) is 76.5 Å². The number of nitrogens with zero attached hydrogens (tertiary/aromatic N) is 6. The number of carbonyl (C=O) groups excluding carboxylic acids is 1. The largest absolute Gasteiger partial charge is 0.396 e. The fourth-order valence-corrected chi connectivity index (χ4v) is 7.63. The number of hydrogen-bond acceptors (Lipinski definition) is 10. The molecule has 0 spiro atoms. The molecule has 5 N–H and O–H groups in total. The van der Waals surface area contributed by atoms with Crippen molar-refractivity contribution in [2.75, 3.05) is 20.5 Å². The molecule has 0 saturated carbocycles. The first-order chi connectivity index (χ1) is 26.5. The summed E-state index contributed by atoms with van der Waals surface area (Å²) in [6.07, 6.45) is 8.72. The molecule has 2 aromatic carbocycles. The predicted octanol–water partition coefficient (Wildman–Crippen LogP) is 7.58. The van der Waals surface area contributed by atoms with Gasteiger partial charge in [-0.2, -0.15) is 10.2 Å². The van der Waals surface area contributed by atoms with E-state index < -0.39 is 20.0 Å². The van der Waals surface area contributed by atoms with Crippen LogP contribution in [0.15, 0.2) is 108 Å². The molecule has 4 heterocycles. The van der Waals surface area contributed by atoms with Crippen LogP contribution in [0.2, 0.25) is 10.0 Å². The van der Waals surface area contributed by atoms with E-state index in [1.165, 1.54) is 65.6 Å². The molecule has 4 aromatic heterocycles. The number of anilines is 4. The molecule has 0 aliphatic carbocycles. The number of aromatic nitrogens is 6. The standard InChI is InChI=1S/C20H22ClN5O3S.C18H20ClN5O2S/c1-13(27)24-16-11-23-26(12-16)19-18(9-15(21)10-22-19)25-30(28,29)17-7-5-14(6-8-17)20(2,3)4;1-18(2,3)12-4-6-15(7-5-12)27(25,26)23-16-8-13(19)9-21-17(16)24-11-14(20)10-22-24/h5-12,25H,1-4H3,(H,24,27);4-11,23H,20H2,1-3H3. The summed E-state index contributed by atoms with van der Waals surface area (Å²) in [5, 5.41) is 11.4. The zero-order valence-corrected chi connectivity index (χ0v) is 35.3. The van der Waals surface area contributed by atoms with Gasteiger partial charge < -0.3 is 11.1 Å². The lowest BCUT2D eigenvalue weighted by Gasteiger charge is -2.19. The summed E-state index contributed by atoms with van der Waals surface area (Å²) in [6, 6.07) is 16.4. The molecule has 0 unspecified atom stereocenters. The molecule has 0 fully saturated rings. The van der Waals surface area contributed by atoms with Gasteiger partial charge in [0.1, 0.15) is 0 Å². The molecular weight excluding hydrogens is 812 g/mol. The fraction of sp³-hybridized carbons (Fsp3) is 0.237. The molecular formula is C38H42Cl2N10O5S2. The van der Waals surface area contributed by atoms with Gasteiger partial charge in [0, 0.05) is 19.3 Å². The third kappa shape index (κ3) is 10.9. The Hall–Kier alpha value is -5.49. The lowest BCUT2D eigenvalue weighted by molar-refractivity contribution is -0.114. The molecule has 1 amide bonds. The molecule has 0 bridgehead atoms. The van der Waals surface area contributed by atoms with Gasteiger partial charge in [0.15, 0.2) is 11.6 Å². The van der Waals surface area contributed by atoms with Crippen molar-refractivity contribution in [3.8, 4) is 11.6 Å². The monoisotopic (exact) mass is 852 g/mol. The zero-order chi connectivity index (χ0) is 41.9. The summed E-state index contributed by atoms with van der Waals surface area (Å²) in [6.45, 7) is 13.7. The first-order valence-corrected chi connectivity index (χ1v) is 20.9. The Balaban J connectivity index is 0.000000219. The van der Waals surface area contributed by atoms with Crippen LogP contribution >= 0.6 is 23.2 Å². The number of nitrogens with two attached hydrogens (primary N) is 1. The average Bonchev–Trinajstić information content (AvgIpc) is 3.76. The van der Waals surface area contributed by atoms with Gasteiger partial charge in [0.2, 0.25) is 5.91 Å². The van der Waals surface area contributed by atoms with E-state index in [0.717, 1.165) is 11.1 Å². The number of pyridine rings is 2. The third-order valence-corrected chi connectivity index (χ3v) is 11.3. The Kier molecular flexibility index (Phi) is 12.4. The van der Waals surface area contributed by atoms with E-state index in [1.54, 1.807) is 48.5 Å². The van der Waals surface area contributed by atoms with Crippen LogP contribution in [0.5, 0.6) is 0 Å². The number of nitrogens with one attached hydrogen (secondary N) is 3. The first-order valence-electron chi connectivity index (χ1n) is 17.2. The van der Waals surface area contributed by atoms with Crippen LogP contribution in [0.4, 0.5) is 22.7 Å². The lowest BCUT2D eigenvalue weighted by atomic mass is 9.87. The number of amides is 1. The molecule has 6 aromatic rings. The summed E-state index contributed by atoms with van der Waals surface area (Å²) in [5.74, 6) is 0.232. The van der Waals surface area contributed by atoms with Crippen LogP contribution in [0, 0.1) is 0 Å². The highest BCUT2D eigenvalue weighted by Gasteiger charge is 2.22. The number of sulfonamides is 2. The smallest absolute Gasteiger partial charge is 0.262 e. The highest BCUT2D eigenvalue weighted by atomic mass is 35.5. The minimum Gasteiger partial charge on any atom is -0.396 e. The van der Waals surface area contributed by atoms with Crippen LogP contribution in [0.25, 0.3) is 11.6 Å². The molecule has 0 saturated heterocycles. The number of benzene rings is 2. The fourth-order valence-electron chi connectivity index (χ4n) is 5.21. The Bertz CT molecular complexity index is 2620. The molecule has 15 nitrogen and oxygen atoms in total. The van der Waals surface area contributed by atoms with Crippen molar-refractivity contribution in [1.82, 2.24) is 29.5 Å². The van der Waals surface area contributed by atoms with Gasteiger partial charge >= 0.3 is 0 Å². The summed E-state index contributed by atoms with van der Waals surface area (Å²) in [7, 11) is -7.73. The lowest BCUT2D eigenvalue weighted by Crippen LogP contribution is -2.16. The number of halogens is 2. The number of carbonyl (C=O) groups is 1. The first kappa shape index (κ1) is 42.6. The van der Waals surface area contributed by atoms with E-state index >= 15 is 0 Å². The van der Waals surface area contributed by atoms with Crippen LogP contribution in [0.3, 0.4) is 0 Å². The van der Waals surface area contributed by atoms with Crippen LogP contribution in [0.1, 0.15) is 59.6 Å². The maximum atomic E-state index is 12.9. The second kappa shape index (κ2) is 16.5. The number of nitrogen functional groups attached to an aromatic ring is 1. The summed E-state index contributed by atoms with van der Waals surface area (Å²) < 4.78 is 59.3. The topological polar surface area (TPSA) is 209 Å². The van der Waals surface area contributed by atoms with Crippen molar-refractivity contribution in [2.24, 2.45) is 0 Å². The van der Waals surface area contributed by atoms with E-state index in [9.17, 15) is 21.6 Å². The van der Waals surface area contributed by atoms with E-state index in [-0.39, 0.29) is 54.6 Å². The molecule has 0 atom stereocenters. The van der Waals surface area contributed by atoms with Gasteiger partial charge in [-0.05, 0) is 58.4 Å². The minimum absolute atomic E-state index is 0.0697. The van der Waals surface area contributed by atoms with Crippen molar-refractivity contribution in [2.45, 2.75) is 69.1 Å². The third-order valence-electron chi connectivity index (χ3n) is 8.16. The van der Waals surface area contributed by atoms with Crippen molar-refractivity contribution < 1.29 is 21.6 Å². The van der Waals surface area contributed by atoms with Crippen LogP contribution in [-0.2, 0) is 35.7 Å². The van der Waals surface area contributed by atoms with Gasteiger partial charge in [-0.25, -0.2) is 36.2 Å². The Labute approximate surface area is 341 Å². The van der Waals surface area contributed by atoms with Crippen LogP contribution < -0.4 is 20.5 Å². The van der Waals surface area contributed by atoms with E-state index in [4.69, 9.17) is 28.9 Å². The molecule has 0 aliphatic heterocycles.